The second kappa shape index (κ2) is 4.48. The number of carboxylic acid groups (broad SMARTS) is 1. The summed E-state index contributed by atoms with van der Waals surface area (Å²) in [5, 5.41) is 9.32. The van der Waals surface area contributed by atoms with Gasteiger partial charge >= 0.3 is 5.97 Å². The van der Waals surface area contributed by atoms with Crippen molar-refractivity contribution in [3.05, 3.63) is 23.5 Å². The van der Waals surface area contributed by atoms with Gasteiger partial charge in [-0.15, -0.1) is 0 Å². The van der Waals surface area contributed by atoms with E-state index in [2.05, 4.69) is 0 Å². The van der Waals surface area contributed by atoms with Gasteiger partial charge in [-0.2, -0.15) is 0 Å². The summed E-state index contributed by atoms with van der Waals surface area (Å²) in [5.74, 6) is -1.29. The second-order valence-corrected chi connectivity index (χ2v) is 4.43. The van der Waals surface area contributed by atoms with Crippen LogP contribution in [0.1, 0.15) is 24.8 Å². The van der Waals surface area contributed by atoms with Crippen LogP contribution in [0.3, 0.4) is 0 Å². The minimum Gasteiger partial charge on any atom is -0.493 e. The fraction of sp³-hybridized carbons (Fsp3) is 0.462. The molecular weight excluding hydrogens is 239 g/mol. The van der Waals surface area contributed by atoms with Crippen molar-refractivity contribution in [3.8, 4) is 11.5 Å². The van der Waals surface area contributed by atoms with E-state index in [-0.39, 0.29) is 11.5 Å². The molecule has 4 nitrogen and oxygen atoms in total. The first-order valence-corrected chi connectivity index (χ1v) is 5.70. The van der Waals surface area contributed by atoms with E-state index in [9.17, 15) is 14.3 Å². The Kier molecular flexibility index (Phi) is 3.15. The summed E-state index contributed by atoms with van der Waals surface area (Å²) in [5.41, 5.74) is -0.531. The molecule has 0 saturated heterocycles. The van der Waals surface area contributed by atoms with Crippen molar-refractivity contribution in [3.63, 3.8) is 0 Å². The summed E-state index contributed by atoms with van der Waals surface area (Å²) in [6.07, 6.45) is 1.89. The molecule has 2 rings (SSSR count). The third-order valence-electron chi connectivity index (χ3n) is 3.60. The van der Waals surface area contributed by atoms with Gasteiger partial charge in [0.1, 0.15) is 0 Å². The number of benzene rings is 1. The van der Waals surface area contributed by atoms with Crippen molar-refractivity contribution in [2.24, 2.45) is 0 Å². The van der Waals surface area contributed by atoms with Gasteiger partial charge in [-0.3, -0.25) is 4.79 Å². The Balaban J connectivity index is 2.52. The van der Waals surface area contributed by atoms with Crippen molar-refractivity contribution < 1.29 is 23.8 Å². The molecule has 0 aliphatic heterocycles. The van der Waals surface area contributed by atoms with E-state index in [0.717, 1.165) is 6.42 Å². The van der Waals surface area contributed by atoms with Crippen LogP contribution in [0, 0.1) is 5.82 Å². The van der Waals surface area contributed by atoms with Crippen LogP contribution >= 0.6 is 0 Å². The number of ether oxygens (including phenoxy) is 2. The highest BCUT2D eigenvalue weighted by molar-refractivity contribution is 5.83. The highest BCUT2D eigenvalue weighted by Crippen LogP contribution is 2.46. The Bertz CT molecular complexity index is 480. The number of rotatable bonds is 4. The molecule has 0 radical (unpaired) electrons. The average molecular weight is 254 g/mol. The molecule has 1 fully saturated rings. The highest BCUT2D eigenvalue weighted by Gasteiger charge is 2.46. The van der Waals surface area contributed by atoms with Crippen LogP contribution in [0.2, 0.25) is 0 Å². The molecule has 1 N–H and O–H groups in total. The lowest BCUT2D eigenvalue weighted by Gasteiger charge is -2.38. The Morgan fingerprint density at radius 2 is 2.00 bits per heavy atom. The SMILES string of the molecule is COc1cc(C2(C(=O)O)CCC2)cc(F)c1OC. The topological polar surface area (TPSA) is 55.8 Å². The summed E-state index contributed by atoms with van der Waals surface area (Å²) in [6, 6.07) is 2.78. The lowest BCUT2D eigenvalue weighted by molar-refractivity contribution is -0.147. The number of aliphatic carboxylic acids is 1. The molecule has 0 amide bonds. The molecule has 1 aromatic rings. The van der Waals surface area contributed by atoms with Crippen molar-refractivity contribution in [2.75, 3.05) is 14.2 Å². The second-order valence-electron chi connectivity index (χ2n) is 4.43. The van der Waals surface area contributed by atoms with E-state index in [1.165, 1.54) is 20.3 Å². The molecule has 98 valence electrons. The van der Waals surface area contributed by atoms with E-state index in [1.54, 1.807) is 6.07 Å². The van der Waals surface area contributed by atoms with Crippen LogP contribution in [0.25, 0.3) is 0 Å². The van der Waals surface area contributed by atoms with Crippen LogP contribution in [0.15, 0.2) is 12.1 Å². The smallest absolute Gasteiger partial charge is 0.314 e. The fourth-order valence-electron chi connectivity index (χ4n) is 2.35. The zero-order chi connectivity index (χ0) is 13.3. The maximum absolute atomic E-state index is 13.9. The number of hydrogen-bond donors (Lipinski definition) is 1. The quantitative estimate of drug-likeness (QED) is 0.896. The first kappa shape index (κ1) is 12.7. The summed E-state index contributed by atoms with van der Waals surface area (Å²) < 4.78 is 23.8. The number of carboxylic acids is 1. The van der Waals surface area contributed by atoms with Gasteiger partial charge < -0.3 is 14.6 Å². The largest absolute Gasteiger partial charge is 0.493 e. The number of carbonyl (C=O) groups is 1. The van der Waals surface area contributed by atoms with Gasteiger partial charge in [-0.1, -0.05) is 6.42 Å². The van der Waals surface area contributed by atoms with Crippen molar-refractivity contribution in [1.29, 1.82) is 0 Å². The van der Waals surface area contributed by atoms with Crippen molar-refractivity contribution >= 4 is 5.97 Å². The van der Waals surface area contributed by atoms with E-state index in [4.69, 9.17) is 9.47 Å². The highest BCUT2D eigenvalue weighted by atomic mass is 19.1. The minimum atomic E-state index is -0.972. The van der Waals surface area contributed by atoms with Gasteiger partial charge in [0.15, 0.2) is 17.3 Å². The maximum atomic E-state index is 13.9. The first-order chi connectivity index (χ1) is 8.55. The van der Waals surface area contributed by atoms with E-state index in [0.29, 0.717) is 18.4 Å². The molecular formula is C13H15FO4. The van der Waals surface area contributed by atoms with Gasteiger partial charge in [0.25, 0.3) is 0 Å². The number of hydrogen-bond acceptors (Lipinski definition) is 3. The fourth-order valence-corrected chi connectivity index (χ4v) is 2.35. The van der Waals surface area contributed by atoms with Gasteiger partial charge in [-0.25, -0.2) is 4.39 Å². The molecule has 1 aromatic carbocycles. The summed E-state index contributed by atoms with van der Waals surface area (Å²) in [4.78, 5) is 11.4. The monoisotopic (exact) mass is 254 g/mol. The van der Waals surface area contributed by atoms with E-state index < -0.39 is 17.2 Å². The summed E-state index contributed by atoms with van der Waals surface area (Å²) in [7, 11) is 2.74. The lowest BCUT2D eigenvalue weighted by atomic mass is 9.64. The molecule has 0 spiro atoms. The molecule has 1 saturated carbocycles. The molecule has 0 heterocycles. The zero-order valence-electron chi connectivity index (χ0n) is 10.3. The Morgan fingerprint density at radius 1 is 1.33 bits per heavy atom. The minimum absolute atomic E-state index is 0.00103. The zero-order valence-corrected chi connectivity index (χ0v) is 10.3. The van der Waals surface area contributed by atoms with E-state index >= 15 is 0 Å². The number of methoxy groups -OCH3 is 2. The number of halogens is 1. The normalized spacial score (nSPS) is 16.8. The first-order valence-electron chi connectivity index (χ1n) is 5.70. The van der Waals surface area contributed by atoms with E-state index in [1.807, 2.05) is 0 Å². The van der Waals surface area contributed by atoms with Gasteiger partial charge in [0.2, 0.25) is 0 Å². The average Bonchev–Trinajstić information content (AvgIpc) is 2.26. The Hall–Kier alpha value is -1.78. The molecule has 1 aliphatic rings. The van der Waals surface area contributed by atoms with Gasteiger partial charge in [0.05, 0.1) is 19.6 Å². The third kappa shape index (κ3) is 1.70. The molecule has 0 unspecified atom stereocenters. The van der Waals surface area contributed by atoms with Crippen LogP contribution in [0.4, 0.5) is 4.39 Å². The molecule has 0 atom stereocenters. The standard InChI is InChI=1S/C13H15FO4/c1-17-10-7-8(6-9(14)11(10)18-2)13(12(15)16)4-3-5-13/h6-7H,3-5H2,1-2H3,(H,15,16). The van der Waals surface area contributed by atoms with Gasteiger partial charge in [0, 0.05) is 0 Å². The summed E-state index contributed by atoms with van der Waals surface area (Å²) in [6.45, 7) is 0. The predicted octanol–water partition coefficient (Wildman–Crippen LogP) is 2.35. The molecule has 1 aliphatic carbocycles. The van der Waals surface area contributed by atoms with Crippen LogP contribution < -0.4 is 9.47 Å². The summed E-state index contributed by atoms with van der Waals surface area (Å²) >= 11 is 0. The molecule has 5 heteroatoms. The van der Waals surface area contributed by atoms with Crippen LogP contribution in [-0.2, 0) is 10.2 Å². The predicted molar refractivity (Wildman–Crippen MR) is 62.7 cm³/mol. The lowest BCUT2D eigenvalue weighted by Crippen LogP contribution is -2.42. The van der Waals surface area contributed by atoms with Crippen LogP contribution in [-0.4, -0.2) is 25.3 Å². The van der Waals surface area contributed by atoms with Gasteiger partial charge in [-0.05, 0) is 30.5 Å². The third-order valence-corrected chi connectivity index (χ3v) is 3.60. The maximum Gasteiger partial charge on any atom is 0.314 e. The van der Waals surface area contributed by atoms with Crippen LogP contribution in [0.5, 0.6) is 11.5 Å². The molecule has 0 aromatic heterocycles. The Labute approximate surface area is 104 Å². The van der Waals surface area contributed by atoms with Crippen molar-refractivity contribution in [1.82, 2.24) is 0 Å². The molecule has 0 bridgehead atoms. The van der Waals surface area contributed by atoms with Crippen molar-refractivity contribution in [2.45, 2.75) is 24.7 Å². The molecule has 18 heavy (non-hydrogen) atoms. The Morgan fingerprint density at radius 3 is 2.39 bits per heavy atom.